The van der Waals surface area contributed by atoms with Gasteiger partial charge in [-0.25, -0.2) is 4.99 Å². The number of carbonyl (C=O) groups is 1. The van der Waals surface area contributed by atoms with Gasteiger partial charge in [0.05, 0.1) is 6.54 Å². The SMILES string of the molecule is CC1CC1NC(=NCC(=O)N(C)C)NCc1cccs1.I. The first kappa shape index (κ1) is 18.2. The largest absolute Gasteiger partial charge is 0.353 e. The van der Waals surface area contributed by atoms with Gasteiger partial charge in [0.15, 0.2) is 5.96 Å². The van der Waals surface area contributed by atoms with Crippen molar-refractivity contribution in [3.8, 4) is 0 Å². The number of aliphatic imine (C=N–C) groups is 1. The van der Waals surface area contributed by atoms with Gasteiger partial charge in [-0.15, -0.1) is 35.3 Å². The number of nitrogens with one attached hydrogen (secondary N) is 2. The molecular weight excluding hydrogens is 399 g/mol. The van der Waals surface area contributed by atoms with Crippen LogP contribution in [-0.4, -0.2) is 43.4 Å². The fourth-order valence-electron chi connectivity index (χ4n) is 1.72. The van der Waals surface area contributed by atoms with Crippen molar-refractivity contribution in [1.29, 1.82) is 0 Å². The van der Waals surface area contributed by atoms with Gasteiger partial charge in [0.25, 0.3) is 0 Å². The number of rotatable bonds is 5. The Kier molecular flexibility index (Phi) is 7.44. The molecule has 5 nitrogen and oxygen atoms in total. The molecule has 1 saturated carbocycles. The number of carbonyl (C=O) groups excluding carboxylic acids is 1. The first-order chi connectivity index (χ1) is 9.56. The van der Waals surface area contributed by atoms with Gasteiger partial charge < -0.3 is 15.5 Å². The van der Waals surface area contributed by atoms with Crippen LogP contribution in [0.3, 0.4) is 0 Å². The number of thiophene rings is 1. The number of hydrogen-bond donors (Lipinski definition) is 2. The van der Waals surface area contributed by atoms with E-state index in [2.05, 4.69) is 34.0 Å². The summed E-state index contributed by atoms with van der Waals surface area (Å²) in [6.07, 6.45) is 1.17. The zero-order valence-electron chi connectivity index (χ0n) is 12.6. The monoisotopic (exact) mass is 422 g/mol. The highest BCUT2D eigenvalue weighted by atomic mass is 127. The minimum absolute atomic E-state index is 0. The summed E-state index contributed by atoms with van der Waals surface area (Å²) in [5, 5.41) is 8.71. The quantitative estimate of drug-likeness (QED) is 0.433. The fourth-order valence-corrected chi connectivity index (χ4v) is 2.37. The molecule has 1 heterocycles. The van der Waals surface area contributed by atoms with Crippen LogP contribution in [0.5, 0.6) is 0 Å². The van der Waals surface area contributed by atoms with Crippen LogP contribution in [0, 0.1) is 5.92 Å². The van der Waals surface area contributed by atoms with Crippen LogP contribution in [0.1, 0.15) is 18.2 Å². The summed E-state index contributed by atoms with van der Waals surface area (Å²) in [4.78, 5) is 18.8. The Morgan fingerprint density at radius 2 is 2.24 bits per heavy atom. The minimum Gasteiger partial charge on any atom is -0.353 e. The molecule has 0 aliphatic heterocycles. The van der Waals surface area contributed by atoms with Gasteiger partial charge in [0.1, 0.15) is 6.54 Å². The summed E-state index contributed by atoms with van der Waals surface area (Å²) in [7, 11) is 3.49. The molecule has 1 aliphatic carbocycles. The van der Waals surface area contributed by atoms with Gasteiger partial charge >= 0.3 is 0 Å². The molecule has 2 atom stereocenters. The predicted octanol–water partition coefficient (Wildman–Crippen LogP) is 1.90. The molecule has 0 bridgehead atoms. The predicted molar refractivity (Wildman–Crippen MR) is 98.3 cm³/mol. The molecule has 1 amide bonds. The third kappa shape index (κ3) is 6.21. The second-order valence-electron chi connectivity index (χ2n) is 5.35. The first-order valence-corrected chi connectivity index (χ1v) is 7.71. The fraction of sp³-hybridized carbons (Fsp3) is 0.571. The van der Waals surface area contributed by atoms with Gasteiger partial charge in [-0.3, -0.25) is 4.79 Å². The van der Waals surface area contributed by atoms with Crippen LogP contribution in [0.15, 0.2) is 22.5 Å². The Bertz CT molecular complexity index is 475. The molecule has 0 aromatic carbocycles. The van der Waals surface area contributed by atoms with E-state index in [1.165, 1.54) is 11.3 Å². The Hall–Kier alpha value is -0.830. The summed E-state index contributed by atoms with van der Waals surface area (Å²) < 4.78 is 0. The molecule has 2 N–H and O–H groups in total. The van der Waals surface area contributed by atoms with E-state index in [0.717, 1.165) is 12.5 Å². The van der Waals surface area contributed by atoms with Crippen molar-refractivity contribution >= 4 is 47.2 Å². The molecule has 7 heteroatoms. The van der Waals surface area contributed by atoms with Crippen molar-refractivity contribution in [3.63, 3.8) is 0 Å². The molecule has 0 radical (unpaired) electrons. The summed E-state index contributed by atoms with van der Waals surface area (Å²) in [5.41, 5.74) is 0. The number of halogens is 1. The first-order valence-electron chi connectivity index (χ1n) is 6.83. The van der Waals surface area contributed by atoms with Crippen LogP contribution in [-0.2, 0) is 11.3 Å². The number of amides is 1. The molecule has 2 unspecified atom stereocenters. The summed E-state index contributed by atoms with van der Waals surface area (Å²) in [5.74, 6) is 1.42. The Labute approximate surface area is 147 Å². The molecular formula is C14H23IN4OS. The van der Waals surface area contributed by atoms with E-state index in [-0.39, 0.29) is 36.4 Å². The molecule has 0 saturated heterocycles. The van der Waals surface area contributed by atoms with Crippen molar-refractivity contribution in [3.05, 3.63) is 22.4 Å². The van der Waals surface area contributed by atoms with E-state index in [9.17, 15) is 4.79 Å². The van der Waals surface area contributed by atoms with E-state index >= 15 is 0 Å². The highest BCUT2D eigenvalue weighted by Gasteiger charge is 2.33. The van der Waals surface area contributed by atoms with Gasteiger partial charge in [0.2, 0.25) is 5.91 Å². The lowest BCUT2D eigenvalue weighted by atomic mass is 10.4. The summed E-state index contributed by atoms with van der Waals surface area (Å²) in [6.45, 7) is 3.12. The number of hydrogen-bond acceptors (Lipinski definition) is 3. The third-order valence-electron chi connectivity index (χ3n) is 3.31. The third-order valence-corrected chi connectivity index (χ3v) is 4.19. The smallest absolute Gasteiger partial charge is 0.243 e. The lowest BCUT2D eigenvalue weighted by Gasteiger charge is -2.13. The standard InChI is InChI=1S/C14H22N4OS.HI/c1-10-7-12(10)17-14(16-9-13(19)18(2)3)15-8-11-5-4-6-20-11;/h4-6,10,12H,7-9H2,1-3H3,(H2,15,16,17);1H. The minimum atomic E-state index is 0. The number of likely N-dealkylation sites (N-methyl/N-ethyl adjacent to an activating group) is 1. The molecule has 1 aliphatic rings. The van der Waals surface area contributed by atoms with Crippen LogP contribution in [0.2, 0.25) is 0 Å². The van der Waals surface area contributed by atoms with E-state index < -0.39 is 0 Å². The Balaban J connectivity index is 0.00000220. The normalized spacial score (nSPS) is 20.4. The second-order valence-corrected chi connectivity index (χ2v) is 6.38. The van der Waals surface area contributed by atoms with Gasteiger partial charge in [0, 0.05) is 25.0 Å². The zero-order chi connectivity index (χ0) is 14.5. The Morgan fingerprint density at radius 1 is 1.52 bits per heavy atom. The average molecular weight is 422 g/mol. The molecule has 1 aromatic rings. The maximum Gasteiger partial charge on any atom is 0.243 e. The van der Waals surface area contributed by atoms with Crippen LogP contribution < -0.4 is 10.6 Å². The van der Waals surface area contributed by atoms with Gasteiger partial charge in [-0.1, -0.05) is 13.0 Å². The lowest BCUT2D eigenvalue weighted by molar-refractivity contribution is -0.127. The highest BCUT2D eigenvalue weighted by Crippen LogP contribution is 2.28. The van der Waals surface area contributed by atoms with Crippen molar-refractivity contribution < 1.29 is 4.79 Å². The molecule has 1 fully saturated rings. The van der Waals surface area contributed by atoms with E-state index in [4.69, 9.17) is 0 Å². The topological polar surface area (TPSA) is 56.7 Å². The van der Waals surface area contributed by atoms with Crippen molar-refractivity contribution in [2.24, 2.45) is 10.9 Å². The van der Waals surface area contributed by atoms with Crippen molar-refractivity contribution in [2.75, 3.05) is 20.6 Å². The van der Waals surface area contributed by atoms with Crippen molar-refractivity contribution in [1.82, 2.24) is 15.5 Å². The average Bonchev–Trinajstić information content (AvgIpc) is 2.91. The molecule has 2 rings (SSSR count). The van der Waals surface area contributed by atoms with E-state index in [1.807, 2.05) is 6.07 Å². The highest BCUT2D eigenvalue weighted by molar-refractivity contribution is 14.0. The number of guanidine groups is 1. The van der Waals surface area contributed by atoms with Crippen molar-refractivity contribution in [2.45, 2.75) is 25.9 Å². The number of nitrogens with zero attached hydrogens (tertiary/aromatic N) is 2. The molecule has 1 aromatic heterocycles. The van der Waals surface area contributed by atoms with Crippen LogP contribution in [0.4, 0.5) is 0 Å². The molecule has 21 heavy (non-hydrogen) atoms. The Morgan fingerprint density at radius 3 is 2.76 bits per heavy atom. The zero-order valence-corrected chi connectivity index (χ0v) is 15.8. The molecule has 118 valence electrons. The maximum absolute atomic E-state index is 11.6. The van der Waals surface area contributed by atoms with E-state index in [1.54, 1.807) is 30.3 Å². The maximum atomic E-state index is 11.6. The lowest BCUT2D eigenvalue weighted by Crippen LogP contribution is -2.39. The second kappa shape index (κ2) is 8.57. The summed E-state index contributed by atoms with van der Waals surface area (Å²) >= 11 is 1.71. The molecule has 0 spiro atoms. The summed E-state index contributed by atoms with van der Waals surface area (Å²) in [6, 6.07) is 4.60. The van der Waals surface area contributed by atoms with Gasteiger partial charge in [-0.05, 0) is 23.8 Å². The van der Waals surface area contributed by atoms with Gasteiger partial charge in [-0.2, -0.15) is 0 Å². The van der Waals surface area contributed by atoms with E-state index in [0.29, 0.717) is 12.0 Å². The van der Waals surface area contributed by atoms with Crippen LogP contribution in [0.25, 0.3) is 0 Å². The van der Waals surface area contributed by atoms with Crippen LogP contribution >= 0.6 is 35.3 Å².